The van der Waals surface area contributed by atoms with E-state index >= 15 is 0 Å². The van der Waals surface area contributed by atoms with Crippen LogP contribution in [0.1, 0.15) is 27.8 Å². The molecule has 1 aromatic carbocycles. The summed E-state index contributed by atoms with van der Waals surface area (Å²) in [5.74, 6) is -0.773. The SMILES string of the molecule is CCOC(=O)c1cc(-n2ccc(C(=O)NC)n2)ccc1N. The van der Waals surface area contributed by atoms with E-state index in [2.05, 4.69) is 10.4 Å². The predicted octanol–water partition coefficient (Wildman–Crippen LogP) is 0.991. The second kappa shape index (κ2) is 6.08. The van der Waals surface area contributed by atoms with Gasteiger partial charge in [-0.1, -0.05) is 0 Å². The molecule has 7 heteroatoms. The number of nitrogen functional groups attached to an aromatic ring is 1. The normalized spacial score (nSPS) is 10.2. The minimum absolute atomic E-state index is 0.269. The molecule has 0 aliphatic carbocycles. The Labute approximate surface area is 121 Å². The molecule has 0 atom stereocenters. The lowest BCUT2D eigenvalue weighted by atomic mass is 10.1. The van der Waals surface area contributed by atoms with Crippen LogP contribution in [0.2, 0.25) is 0 Å². The maximum atomic E-state index is 11.8. The number of nitrogens with two attached hydrogens (primary N) is 1. The van der Waals surface area contributed by atoms with E-state index in [9.17, 15) is 9.59 Å². The molecule has 0 fully saturated rings. The first-order valence-corrected chi connectivity index (χ1v) is 6.41. The summed E-state index contributed by atoms with van der Waals surface area (Å²) in [7, 11) is 1.53. The molecule has 1 heterocycles. The number of anilines is 1. The Bertz CT molecular complexity index is 679. The molecule has 2 aromatic rings. The maximum absolute atomic E-state index is 11.8. The van der Waals surface area contributed by atoms with Gasteiger partial charge in [0, 0.05) is 18.9 Å². The van der Waals surface area contributed by atoms with Crippen LogP contribution in [0.15, 0.2) is 30.5 Å². The minimum Gasteiger partial charge on any atom is -0.462 e. The number of hydrogen-bond donors (Lipinski definition) is 2. The number of benzene rings is 1. The summed E-state index contributed by atoms with van der Waals surface area (Å²) < 4.78 is 6.44. The highest BCUT2D eigenvalue weighted by Crippen LogP contribution is 2.18. The van der Waals surface area contributed by atoms with Gasteiger partial charge < -0.3 is 15.8 Å². The van der Waals surface area contributed by atoms with Crippen LogP contribution >= 0.6 is 0 Å². The van der Waals surface area contributed by atoms with Crippen LogP contribution in [0.4, 0.5) is 5.69 Å². The molecular formula is C14H16N4O3. The Morgan fingerprint density at radius 2 is 2.14 bits per heavy atom. The number of carbonyl (C=O) groups excluding carboxylic acids is 2. The van der Waals surface area contributed by atoms with E-state index in [1.807, 2.05) is 0 Å². The standard InChI is InChI=1S/C14H16N4O3/c1-3-21-14(20)10-8-9(4-5-11(10)15)18-7-6-12(17-18)13(19)16-2/h4-8H,3,15H2,1-2H3,(H,16,19). The van der Waals surface area contributed by atoms with E-state index in [1.165, 1.54) is 11.7 Å². The largest absolute Gasteiger partial charge is 0.462 e. The molecule has 0 spiro atoms. The van der Waals surface area contributed by atoms with Crippen molar-refractivity contribution in [2.24, 2.45) is 0 Å². The van der Waals surface area contributed by atoms with Crippen molar-refractivity contribution in [2.45, 2.75) is 6.92 Å². The molecule has 21 heavy (non-hydrogen) atoms. The van der Waals surface area contributed by atoms with E-state index < -0.39 is 5.97 Å². The average molecular weight is 288 g/mol. The highest BCUT2D eigenvalue weighted by molar-refractivity contribution is 5.95. The van der Waals surface area contributed by atoms with E-state index in [4.69, 9.17) is 10.5 Å². The fourth-order valence-corrected chi connectivity index (χ4v) is 1.79. The Balaban J connectivity index is 2.36. The third kappa shape index (κ3) is 3.02. The van der Waals surface area contributed by atoms with Gasteiger partial charge >= 0.3 is 5.97 Å². The summed E-state index contributed by atoms with van der Waals surface area (Å²) in [5.41, 5.74) is 7.28. The first kappa shape index (κ1) is 14.6. The number of hydrogen-bond acceptors (Lipinski definition) is 5. The summed E-state index contributed by atoms with van der Waals surface area (Å²) in [6.45, 7) is 1.99. The molecule has 0 aliphatic rings. The molecule has 2 rings (SSSR count). The molecule has 0 unspecified atom stereocenters. The molecule has 0 saturated heterocycles. The number of esters is 1. The maximum Gasteiger partial charge on any atom is 0.340 e. The van der Waals surface area contributed by atoms with Gasteiger partial charge in [-0.15, -0.1) is 0 Å². The summed E-state index contributed by atoms with van der Waals surface area (Å²) >= 11 is 0. The lowest BCUT2D eigenvalue weighted by Gasteiger charge is -2.08. The van der Waals surface area contributed by atoms with E-state index in [1.54, 1.807) is 37.4 Å². The number of aromatic nitrogens is 2. The highest BCUT2D eigenvalue weighted by Gasteiger charge is 2.13. The number of ether oxygens (including phenoxy) is 1. The molecule has 7 nitrogen and oxygen atoms in total. The molecule has 0 radical (unpaired) electrons. The van der Waals surface area contributed by atoms with Crippen LogP contribution < -0.4 is 11.1 Å². The number of nitrogens with one attached hydrogen (secondary N) is 1. The van der Waals surface area contributed by atoms with Gasteiger partial charge in [-0.05, 0) is 31.2 Å². The minimum atomic E-state index is -0.490. The number of carbonyl (C=O) groups is 2. The van der Waals surface area contributed by atoms with Crippen molar-refractivity contribution < 1.29 is 14.3 Å². The van der Waals surface area contributed by atoms with Crippen molar-refractivity contribution in [3.63, 3.8) is 0 Å². The van der Waals surface area contributed by atoms with Crippen LogP contribution in [0.25, 0.3) is 5.69 Å². The quantitative estimate of drug-likeness (QED) is 0.645. The fourth-order valence-electron chi connectivity index (χ4n) is 1.79. The zero-order valence-corrected chi connectivity index (χ0v) is 11.8. The van der Waals surface area contributed by atoms with Gasteiger partial charge in [0.1, 0.15) is 0 Å². The number of nitrogens with zero attached hydrogens (tertiary/aromatic N) is 2. The van der Waals surface area contributed by atoms with Crippen LogP contribution in [-0.4, -0.2) is 35.3 Å². The summed E-state index contributed by atoms with van der Waals surface area (Å²) in [5, 5.41) is 6.63. The van der Waals surface area contributed by atoms with Crippen molar-refractivity contribution in [3.8, 4) is 5.69 Å². The zero-order valence-electron chi connectivity index (χ0n) is 11.8. The van der Waals surface area contributed by atoms with Gasteiger partial charge in [0.2, 0.25) is 0 Å². The van der Waals surface area contributed by atoms with Gasteiger partial charge in [-0.25, -0.2) is 9.48 Å². The molecular weight excluding hydrogens is 272 g/mol. The Hall–Kier alpha value is -2.83. The van der Waals surface area contributed by atoms with Gasteiger partial charge in [0.25, 0.3) is 5.91 Å². The van der Waals surface area contributed by atoms with Crippen LogP contribution in [0.5, 0.6) is 0 Å². The highest BCUT2D eigenvalue weighted by atomic mass is 16.5. The van der Waals surface area contributed by atoms with Gasteiger partial charge in [-0.2, -0.15) is 5.10 Å². The topological polar surface area (TPSA) is 99.2 Å². The number of rotatable bonds is 4. The molecule has 0 aliphatic heterocycles. The Morgan fingerprint density at radius 3 is 2.81 bits per heavy atom. The van der Waals surface area contributed by atoms with Crippen LogP contribution in [-0.2, 0) is 4.74 Å². The smallest absolute Gasteiger partial charge is 0.340 e. The number of amides is 1. The first-order chi connectivity index (χ1) is 10.1. The van der Waals surface area contributed by atoms with Gasteiger partial charge in [-0.3, -0.25) is 4.79 Å². The average Bonchev–Trinajstić information content (AvgIpc) is 2.97. The van der Waals surface area contributed by atoms with Crippen LogP contribution in [0.3, 0.4) is 0 Å². The van der Waals surface area contributed by atoms with Gasteiger partial charge in [0.05, 0.1) is 17.9 Å². The molecule has 0 bridgehead atoms. The van der Waals surface area contributed by atoms with E-state index in [-0.39, 0.29) is 23.8 Å². The Kier molecular flexibility index (Phi) is 4.22. The van der Waals surface area contributed by atoms with Crippen molar-refractivity contribution in [1.82, 2.24) is 15.1 Å². The monoisotopic (exact) mass is 288 g/mol. The lowest BCUT2D eigenvalue weighted by molar-refractivity contribution is 0.0527. The van der Waals surface area contributed by atoms with Crippen molar-refractivity contribution in [2.75, 3.05) is 19.4 Å². The fraction of sp³-hybridized carbons (Fsp3) is 0.214. The summed E-state index contributed by atoms with van der Waals surface area (Å²) in [4.78, 5) is 23.3. The first-order valence-electron chi connectivity index (χ1n) is 6.41. The van der Waals surface area contributed by atoms with Crippen LogP contribution in [0, 0.1) is 0 Å². The zero-order chi connectivity index (χ0) is 15.4. The van der Waals surface area contributed by atoms with Crippen molar-refractivity contribution in [1.29, 1.82) is 0 Å². The van der Waals surface area contributed by atoms with Crippen molar-refractivity contribution in [3.05, 3.63) is 41.7 Å². The molecule has 0 saturated carbocycles. The lowest BCUT2D eigenvalue weighted by Crippen LogP contribution is -2.18. The van der Waals surface area contributed by atoms with Gasteiger partial charge in [0.15, 0.2) is 5.69 Å². The second-order valence-corrected chi connectivity index (χ2v) is 4.22. The van der Waals surface area contributed by atoms with E-state index in [0.717, 1.165) is 0 Å². The predicted molar refractivity (Wildman–Crippen MR) is 77.3 cm³/mol. The molecule has 3 N–H and O–H groups in total. The Morgan fingerprint density at radius 1 is 1.38 bits per heavy atom. The van der Waals surface area contributed by atoms with Crippen molar-refractivity contribution >= 4 is 17.6 Å². The summed E-state index contributed by atoms with van der Waals surface area (Å²) in [6.07, 6.45) is 1.63. The summed E-state index contributed by atoms with van der Waals surface area (Å²) in [6, 6.07) is 6.47. The third-order valence-corrected chi connectivity index (χ3v) is 2.85. The molecule has 1 aromatic heterocycles. The third-order valence-electron chi connectivity index (χ3n) is 2.85. The molecule has 1 amide bonds. The second-order valence-electron chi connectivity index (χ2n) is 4.22. The molecule has 110 valence electrons. The van der Waals surface area contributed by atoms with E-state index in [0.29, 0.717) is 11.4 Å².